The number of alkyl halides is 3. The Hall–Kier alpha value is -3.66. The lowest BCUT2D eigenvalue weighted by Crippen LogP contribution is -2.25. The van der Waals surface area contributed by atoms with Gasteiger partial charge in [-0.1, -0.05) is 54.6 Å². The fraction of sp³-hybridized carbons (Fsp3) is 0.120. The van der Waals surface area contributed by atoms with Crippen LogP contribution in [0.5, 0.6) is 5.75 Å². The molecule has 4 aromatic rings. The highest BCUT2D eigenvalue weighted by Gasteiger charge is 2.29. The van der Waals surface area contributed by atoms with E-state index in [0.29, 0.717) is 21.4 Å². The summed E-state index contributed by atoms with van der Waals surface area (Å²) in [5.41, 5.74) is 2.08. The molecule has 3 aromatic carbocycles. The third kappa shape index (κ3) is 5.89. The number of nitrogens with one attached hydrogen (secondary N) is 1. The summed E-state index contributed by atoms with van der Waals surface area (Å²) in [6, 6.07) is 21.1. The fourth-order valence-electron chi connectivity index (χ4n) is 3.39. The molecule has 1 heterocycles. The van der Waals surface area contributed by atoms with Crippen LogP contribution in [-0.2, 0) is 6.54 Å². The first-order valence-electron chi connectivity index (χ1n) is 10.4. The summed E-state index contributed by atoms with van der Waals surface area (Å²) >= 11 is 3.46. The second kappa shape index (κ2) is 10.3. The maximum absolute atomic E-state index is 13.9. The van der Waals surface area contributed by atoms with Crippen molar-refractivity contribution >= 4 is 21.8 Å². The van der Waals surface area contributed by atoms with Gasteiger partial charge >= 0.3 is 6.18 Å². The van der Waals surface area contributed by atoms with E-state index in [-0.39, 0.29) is 18.0 Å². The van der Waals surface area contributed by atoms with E-state index in [4.69, 9.17) is 4.74 Å². The molecule has 0 aliphatic carbocycles. The summed E-state index contributed by atoms with van der Waals surface area (Å²) in [6.07, 6.45) is -4.49. The van der Waals surface area contributed by atoms with Crippen LogP contribution in [0.3, 0.4) is 0 Å². The number of hydrogen-bond donors (Lipinski definition) is 1. The van der Waals surface area contributed by atoms with Gasteiger partial charge in [0.05, 0.1) is 15.9 Å². The number of ether oxygens (including phenoxy) is 1. The number of amides is 1. The van der Waals surface area contributed by atoms with Gasteiger partial charge in [-0.3, -0.25) is 4.79 Å². The van der Waals surface area contributed by atoms with Crippen LogP contribution in [0.1, 0.15) is 16.1 Å². The molecule has 0 unspecified atom stereocenters. The Morgan fingerprint density at radius 2 is 1.71 bits per heavy atom. The lowest BCUT2D eigenvalue weighted by atomic mass is 10.1. The summed E-state index contributed by atoms with van der Waals surface area (Å²) in [6.45, 7) is -1.53. The van der Waals surface area contributed by atoms with E-state index in [0.717, 1.165) is 5.56 Å². The number of carbonyl (C=O) groups is 1. The molecule has 1 N–H and O–H groups in total. The molecule has 0 aliphatic rings. The number of para-hydroxylation sites is 1. The Morgan fingerprint density at radius 1 is 1.00 bits per heavy atom. The van der Waals surface area contributed by atoms with Gasteiger partial charge in [0.15, 0.2) is 12.3 Å². The first-order chi connectivity index (χ1) is 16.7. The van der Waals surface area contributed by atoms with E-state index in [1.54, 1.807) is 24.3 Å². The van der Waals surface area contributed by atoms with E-state index in [1.165, 1.54) is 28.9 Å². The van der Waals surface area contributed by atoms with Crippen molar-refractivity contribution in [2.75, 3.05) is 6.61 Å². The van der Waals surface area contributed by atoms with E-state index >= 15 is 0 Å². The summed E-state index contributed by atoms with van der Waals surface area (Å²) in [4.78, 5) is 13.1. The molecular formula is C25H18BrF4N3O2. The SMILES string of the molecule is O=C(NCc1ccccc1OCC(F)(F)F)c1nn(-c2cccc(F)c2)c(-c2ccccc2)c1Br. The van der Waals surface area contributed by atoms with Crippen molar-refractivity contribution in [2.24, 2.45) is 0 Å². The third-order valence-electron chi connectivity index (χ3n) is 4.95. The highest BCUT2D eigenvalue weighted by molar-refractivity contribution is 9.10. The molecule has 10 heteroatoms. The van der Waals surface area contributed by atoms with Crippen LogP contribution in [0.25, 0.3) is 16.9 Å². The number of carbonyl (C=O) groups excluding carboxylic acids is 1. The molecule has 0 radical (unpaired) electrons. The van der Waals surface area contributed by atoms with Crippen molar-refractivity contribution in [1.82, 2.24) is 15.1 Å². The van der Waals surface area contributed by atoms with Gasteiger partial charge in [-0.2, -0.15) is 18.3 Å². The Balaban J connectivity index is 1.63. The van der Waals surface area contributed by atoms with Crippen LogP contribution in [0.15, 0.2) is 83.3 Å². The standard InChI is InChI=1S/C25H18BrF4N3O2/c26-21-22(24(34)31-14-17-9-4-5-12-20(17)35-15-25(28,29)30)32-33(19-11-6-10-18(27)13-19)23(21)16-7-2-1-3-8-16/h1-13H,14-15H2,(H,31,34). The molecule has 0 fully saturated rings. The number of aromatic nitrogens is 2. The maximum atomic E-state index is 13.9. The molecule has 0 spiro atoms. The zero-order valence-electron chi connectivity index (χ0n) is 18.0. The minimum absolute atomic E-state index is 0.0134. The average Bonchev–Trinajstić information content (AvgIpc) is 3.19. The molecule has 0 saturated carbocycles. The molecule has 1 aromatic heterocycles. The second-order valence-electron chi connectivity index (χ2n) is 7.46. The van der Waals surface area contributed by atoms with E-state index in [2.05, 4.69) is 26.3 Å². The number of rotatable bonds is 7. The van der Waals surface area contributed by atoms with Crippen LogP contribution in [0.4, 0.5) is 17.6 Å². The molecule has 180 valence electrons. The van der Waals surface area contributed by atoms with E-state index in [1.807, 2.05) is 30.3 Å². The third-order valence-corrected chi connectivity index (χ3v) is 5.70. The van der Waals surface area contributed by atoms with Crippen molar-refractivity contribution in [3.63, 3.8) is 0 Å². The van der Waals surface area contributed by atoms with Gasteiger partial charge in [-0.05, 0) is 40.2 Å². The number of hydrogen-bond acceptors (Lipinski definition) is 3. The Kier molecular flexibility index (Phi) is 7.20. The molecular weight excluding hydrogens is 530 g/mol. The minimum atomic E-state index is -4.49. The molecule has 4 rings (SSSR count). The normalized spacial score (nSPS) is 11.3. The van der Waals surface area contributed by atoms with Gasteiger partial charge in [-0.15, -0.1) is 0 Å². The lowest BCUT2D eigenvalue weighted by Gasteiger charge is -2.13. The van der Waals surface area contributed by atoms with Crippen molar-refractivity contribution in [3.8, 4) is 22.7 Å². The Bertz CT molecular complexity index is 1340. The zero-order chi connectivity index (χ0) is 25.0. The van der Waals surface area contributed by atoms with Gasteiger partial charge in [0, 0.05) is 17.7 Å². The van der Waals surface area contributed by atoms with Gasteiger partial charge in [0.1, 0.15) is 11.6 Å². The Morgan fingerprint density at radius 3 is 2.43 bits per heavy atom. The van der Waals surface area contributed by atoms with Crippen LogP contribution in [-0.4, -0.2) is 28.5 Å². The minimum Gasteiger partial charge on any atom is -0.484 e. The highest BCUT2D eigenvalue weighted by Crippen LogP contribution is 2.33. The smallest absolute Gasteiger partial charge is 0.422 e. The zero-order valence-corrected chi connectivity index (χ0v) is 19.6. The highest BCUT2D eigenvalue weighted by atomic mass is 79.9. The van der Waals surface area contributed by atoms with Crippen LogP contribution >= 0.6 is 15.9 Å². The second-order valence-corrected chi connectivity index (χ2v) is 8.26. The summed E-state index contributed by atoms with van der Waals surface area (Å²) in [5.74, 6) is -1.02. The summed E-state index contributed by atoms with van der Waals surface area (Å²) in [5, 5.41) is 7.08. The predicted molar refractivity (Wildman–Crippen MR) is 126 cm³/mol. The van der Waals surface area contributed by atoms with Gasteiger partial charge < -0.3 is 10.1 Å². The molecule has 35 heavy (non-hydrogen) atoms. The van der Waals surface area contributed by atoms with Crippen LogP contribution in [0, 0.1) is 5.82 Å². The first kappa shape index (κ1) is 24.5. The molecule has 1 amide bonds. The molecule has 0 aliphatic heterocycles. The fourth-order valence-corrected chi connectivity index (χ4v) is 4.05. The summed E-state index contributed by atoms with van der Waals surface area (Å²) in [7, 11) is 0. The largest absolute Gasteiger partial charge is 0.484 e. The average molecular weight is 548 g/mol. The molecule has 0 bridgehead atoms. The quantitative estimate of drug-likeness (QED) is 0.276. The molecule has 0 saturated heterocycles. The van der Waals surface area contributed by atoms with Crippen molar-refractivity contribution in [3.05, 3.63) is 100 Å². The number of benzene rings is 3. The van der Waals surface area contributed by atoms with Crippen molar-refractivity contribution in [1.29, 1.82) is 0 Å². The van der Waals surface area contributed by atoms with Crippen molar-refractivity contribution in [2.45, 2.75) is 12.7 Å². The van der Waals surface area contributed by atoms with E-state index in [9.17, 15) is 22.4 Å². The molecule has 0 atom stereocenters. The van der Waals surface area contributed by atoms with Crippen molar-refractivity contribution < 1.29 is 27.1 Å². The maximum Gasteiger partial charge on any atom is 0.422 e. The molecule has 5 nitrogen and oxygen atoms in total. The topological polar surface area (TPSA) is 56.1 Å². The number of halogens is 5. The van der Waals surface area contributed by atoms with Crippen LogP contribution < -0.4 is 10.1 Å². The lowest BCUT2D eigenvalue weighted by molar-refractivity contribution is -0.153. The van der Waals surface area contributed by atoms with Gasteiger partial charge in [-0.25, -0.2) is 9.07 Å². The Labute approximate surface area is 206 Å². The first-order valence-corrected chi connectivity index (χ1v) is 11.2. The monoisotopic (exact) mass is 547 g/mol. The van der Waals surface area contributed by atoms with Crippen LogP contribution in [0.2, 0.25) is 0 Å². The number of nitrogens with zero attached hydrogens (tertiary/aromatic N) is 2. The van der Waals surface area contributed by atoms with Gasteiger partial charge in [0.2, 0.25) is 0 Å². The van der Waals surface area contributed by atoms with E-state index < -0.39 is 24.5 Å². The summed E-state index contributed by atoms with van der Waals surface area (Å²) < 4.78 is 58.3. The predicted octanol–water partition coefficient (Wildman–Crippen LogP) is 6.31. The van der Waals surface area contributed by atoms with Gasteiger partial charge in [0.25, 0.3) is 5.91 Å².